The second kappa shape index (κ2) is 9.01. The molecule has 1 aromatic carbocycles. The first kappa shape index (κ1) is 19.5. The van der Waals surface area contributed by atoms with Crippen LogP contribution in [0.1, 0.15) is 38.7 Å². The molecule has 0 spiro atoms. The van der Waals surface area contributed by atoms with Gasteiger partial charge in [0.2, 0.25) is 11.8 Å². The minimum atomic E-state index is -0.506. The maximum Gasteiger partial charge on any atom is 0.240 e. The van der Waals surface area contributed by atoms with E-state index in [0.717, 1.165) is 24.1 Å². The van der Waals surface area contributed by atoms with Gasteiger partial charge in [-0.1, -0.05) is 36.7 Å². The molecule has 0 aromatic heterocycles. The van der Waals surface area contributed by atoms with Gasteiger partial charge >= 0.3 is 0 Å². The molecule has 1 aromatic rings. The summed E-state index contributed by atoms with van der Waals surface area (Å²) in [5, 5.41) is 14.1. The van der Waals surface area contributed by atoms with Gasteiger partial charge in [0.15, 0.2) is 5.17 Å². The van der Waals surface area contributed by atoms with Gasteiger partial charge in [-0.05, 0) is 44.0 Å². The van der Waals surface area contributed by atoms with E-state index in [2.05, 4.69) is 27.8 Å². The van der Waals surface area contributed by atoms with Gasteiger partial charge in [0, 0.05) is 22.8 Å². The molecule has 2 rings (SSSR count). The van der Waals surface area contributed by atoms with Crippen LogP contribution in [0.25, 0.3) is 0 Å². The number of rotatable bonds is 6. The predicted molar refractivity (Wildman–Crippen MR) is 104 cm³/mol. The van der Waals surface area contributed by atoms with Gasteiger partial charge in [-0.2, -0.15) is 5.10 Å². The average Bonchev–Trinajstić information content (AvgIpc) is 2.88. The first-order valence-corrected chi connectivity index (χ1v) is 9.29. The van der Waals surface area contributed by atoms with E-state index in [1.807, 2.05) is 13.8 Å². The highest BCUT2D eigenvalue weighted by Crippen LogP contribution is 2.24. The number of hydrogen-bond acceptors (Lipinski definition) is 5. The van der Waals surface area contributed by atoms with Crippen molar-refractivity contribution in [3.63, 3.8) is 0 Å². The Bertz CT molecular complexity index is 733. The number of benzene rings is 1. The Balaban J connectivity index is 1.94. The Kier molecular flexibility index (Phi) is 7.01. The van der Waals surface area contributed by atoms with Crippen LogP contribution in [0.3, 0.4) is 0 Å². The number of hydrogen-bond donors (Lipinski definition) is 2. The molecule has 0 bridgehead atoms. The number of nitrogens with one attached hydrogen (secondary N) is 2. The number of anilines is 1. The van der Waals surface area contributed by atoms with Crippen molar-refractivity contribution in [3.8, 4) is 0 Å². The van der Waals surface area contributed by atoms with Gasteiger partial charge in [-0.3, -0.25) is 9.59 Å². The fraction of sp³-hybridized carbons (Fsp3) is 0.412. The molecule has 1 unspecified atom stereocenters. The molecular weight excluding hydrogens is 360 g/mol. The van der Waals surface area contributed by atoms with Gasteiger partial charge in [0.1, 0.15) is 5.25 Å². The van der Waals surface area contributed by atoms with Gasteiger partial charge in [-0.25, -0.2) is 0 Å². The Hall–Kier alpha value is -1.86. The van der Waals surface area contributed by atoms with E-state index in [4.69, 9.17) is 11.6 Å². The Labute approximate surface area is 156 Å². The number of amidine groups is 1. The number of aryl methyl sites for hydroxylation is 1. The number of nitrogens with zero attached hydrogens (tertiary/aromatic N) is 2. The Morgan fingerprint density at radius 3 is 2.88 bits per heavy atom. The van der Waals surface area contributed by atoms with Crippen LogP contribution >= 0.6 is 23.4 Å². The van der Waals surface area contributed by atoms with Crippen molar-refractivity contribution in [2.45, 2.75) is 45.3 Å². The van der Waals surface area contributed by atoms with Crippen molar-refractivity contribution < 1.29 is 9.59 Å². The standard InChI is InChI=1S/C17H21ClN4O2S/c1-4-5-11(3)21-22-17-20-16(24)14(25-17)9-15(23)19-13-7-6-12(18)8-10(13)2/h6-8,14H,4-5,9H2,1-3H3,(H,19,23)(H,20,22,24)/b21-11+. The molecule has 0 aliphatic carbocycles. The van der Waals surface area contributed by atoms with Crippen LogP contribution < -0.4 is 10.6 Å². The molecule has 25 heavy (non-hydrogen) atoms. The summed E-state index contributed by atoms with van der Waals surface area (Å²) in [7, 11) is 0. The summed E-state index contributed by atoms with van der Waals surface area (Å²) in [6.07, 6.45) is 1.92. The quantitative estimate of drug-likeness (QED) is 0.582. The van der Waals surface area contributed by atoms with Crippen LogP contribution in [0, 0.1) is 6.92 Å². The molecule has 8 heteroatoms. The van der Waals surface area contributed by atoms with Crippen molar-refractivity contribution in [1.82, 2.24) is 5.32 Å². The predicted octanol–water partition coefficient (Wildman–Crippen LogP) is 3.74. The molecule has 2 amide bonds. The van der Waals surface area contributed by atoms with E-state index in [1.165, 1.54) is 11.8 Å². The zero-order chi connectivity index (χ0) is 18.4. The number of carbonyl (C=O) groups is 2. The van der Waals surface area contributed by atoms with Gasteiger partial charge in [0.25, 0.3) is 0 Å². The molecule has 1 aliphatic rings. The molecule has 1 fully saturated rings. The summed E-state index contributed by atoms with van der Waals surface area (Å²) in [6.45, 7) is 5.82. The van der Waals surface area contributed by atoms with E-state index in [-0.39, 0.29) is 18.2 Å². The molecule has 1 atom stereocenters. The minimum Gasteiger partial charge on any atom is -0.326 e. The van der Waals surface area contributed by atoms with Crippen LogP contribution in [0.2, 0.25) is 5.02 Å². The first-order chi connectivity index (χ1) is 11.9. The van der Waals surface area contributed by atoms with Gasteiger partial charge in [-0.15, -0.1) is 5.10 Å². The molecule has 134 valence electrons. The van der Waals surface area contributed by atoms with Crippen molar-refractivity contribution in [2.24, 2.45) is 10.2 Å². The van der Waals surface area contributed by atoms with Crippen molar-refractivity contribution >= 4 is 51.7 Å². The summed E-state index contributed by atoms with van der Waals surface area (Å²) >= 11 is 7.13. The van der Waals surface area contributed by atoms with Crippen LogP contribution in [0.4, 0.5) is 5.69 Å². The maximum absolute atomic E-state index is 12.2. The Morgan fingerprint density at radius 2 is 2.20 bits per heavy atom. The highest BCUT2D eigenvalue weighted by atomic mass is 35.5. The third-order valence-electron chi connectivity index (χ3n) is 3.53. The second-order valence-electron chi connectivity index (χ2n) is 5.80. The van der Waals surface area contributed by atoms with Crippen molar-refractivity contribution in [3.05, 3.63) is 28.8 Å². The lowest BCUT2D eigenvalue weighted by Gasteiger charge is -2.10. The zero-order valence-corrected chi connectivity index (χ0v) is 16.0. The fourth-order valence-electron chi connectivity index (χ4n) is 2.27. The summed E-state index contributed by atoms with van der Waals surface area (Å²) in [5.41, 5.74) is 2.46. The molecule has 2 N–H and O–H groups in total. The molecule has 1 aliphatic heterocycles. The average molecular weight is 381 g/mol. The SMILES string of the molecule is CCC/C(C)=N/N=C1/NC(=O)C(CC(=O)Nc2ccc(Cl)cc2C)S1. The van der Waals surface area contributed by atoms with E-state index < -0.39 is 5.25 Å². The molecular formula is C17H21ClN4O2S. The summed E-state index contributed by atoms with van der Waals surface area (Å²) in [4.78, 5) is 24.2. The van der Waals surface area contributed by atoms with Crippen LogP contribution in [-0.4, -0.2) is 27.9 Å². The lowest BCUT2D eigenvalue weighted by Crippen LogP contribution is -2.28. The molecule has 6 nitrogen and oxygen atoms in total. The van der Waals surface area contributed by atoms with Crippen LogP contribution in [0.15, 0.2) is 28.4 Å². The Morgan fingerprint density at radius 1 is 1.44 bits per heavy atom. The maximum atomic E-state index is 12.2. The normalized spacial score (nSPS) is 19.2. The molecule has 0 radical (unpaired) electrons. The highest BCUT2D eigenvalue weighted by molar-refractivity contribution is 8.15. The minimum absolute atomic E-state index is 0.0647. The number of amides is 2. The molecule has 0 saturated carbocycles. The second-order valence-corrected chi connectivity index (χ2v) is 7.43. The van der Waals surface area contributed by atoms with E-state index in [9.17, 15) is 9.59 Å². The van der Waals surface area contributed by atoms with Gasteiger partial charge < -0.3 is 10.6 Å². The zero-order valence-electron chi connectivity index (χ0n) is 14.4. The third kappa shape index (κ3) is 5.86. The van der Waals surface area contributed by atoms with Crippen LogP contribution in [0.5, 0.6) is 0 Å². The first-order valence-electron chi connectivity index (χ1n) is 8.03. The van der Waals surface area contributed by atoms with E-state index in [1.54, 1.807) is 18.2 Å². The summed E-state index contributed by atoms with van der Waals surface area (Å²) in [6, 6.07) is 5.23. The lowest BCUT2D eigenvalue weighted by molar-refractivity contribution is -0.122. The molecule has 1 heterocycles. The summed E-state index contributed by atoms with van der Waals surface area (Å²) < 4.78 is 0. The topological polar surface area (TPSA) is 82.9 Å². The van der Waals surface area contributed by atoms with Crippen LogP contribution in [-0.2, 0) is 9.59 Å². The highest BCUT2D eigenvalue weighted by Gasteiger charge is 2.32. The number of halogens is 1. The number of thioether (sulfide) groups is 1. The summed E-state index contributed by atoms with van der Waals surface area (Å²) in [5.74, 6) is -0.458. The van der Waals surface area contributed by atoms with Gasteiger partial charge in [0.05, 0.1) is 0 Å². The van der Waals surface area contributed by atoms with Crippen molar-refractivity contribution in [2.75, 3.05) is 5.32 Å². The largest absolute Gasteiger partial charge is 0.326 e. The molecule has 1 saturated heterocycles. The van der Waals surface area contributed by atoms with E-state index in [0.29, 0.717) is 15.9 Å². The van der Waals surface area contributed by atoms with Crippen molar-refractivity contribution in [1.29, 1.82) is 0 Å². The van der Waals surface area contributed by atoms with E-state index >= 15 is 0 Å². The monoisotopic (exact) mass is 380 g/mol. The number of carbonyl (C=O) groups excluding carboxylic acids is 2. The lowest BCUT2D eigenvalue weighted by atomic mass is 10.2. The fourth-order valence-corrected chi connectivity index (χ4v) is 3.41. The smallest absolute Gasteiger partial charge is 0.240 e. The third-order valence-corrected chi connectivity index (χ3v) is 4.84.